The van der Waals surface area contributed by atoms with E-state index in [1.807, 2.05) is 0 Å². The van der Waals surface area contributed by atoms with Crippen molar-refractivity contribution in [3.8, 4) is 6.07 Å². The summed E-state index contributed by atoms with van der Waals surface area (Å²) in [6, 6.07) is 10.4. The van der Waals surface area contributed by atoms with E-state index < -0.39 is 35.7 Å². The van der Waals surface area contributed by atoms with E-state index in [2.05, 4.69) is 10.1 Å². The third-order valence-corrected chi connectivity index (χ3v) is 2.80. The van der Waals surface area contributed by atoms with Gasteiger partial charge in [-0.25, -0.2) is 13.6 Å². The van der Waals surface area contributed by atoms with Crippen LogP contribution in [0.15, 0.2) is 42.5 Å². The van der Waals surface area contributed by atoms with E-state index in [4.69, 9.17) is 5.26 Å². The third-order valence-electron chi connectivity index (χ3n) is 2.80. The van der Waals surface area contributed by atoms with Crippen molar-refractivity contribution in [3.63, 3.8) is 0 Å². The number of rotatable bonds is 4. The first-order valence-corrected chi connectivity index (χ1v) is 6.42. The first kappa shape index (κ1) is 16.1. The number of hydrogen-bond donors (Lipinski definition) is 1. The molecular weight excluding hydrogens is 306 g/mol. The van der Waals surface area contributed by atoms with Gasteiger partial charge >= 0.3 is 5.97 Å². The van der Waals surface area contributed by atoms with Crippen LogP contribution < -0.4 is 5.32 Å². The summed E-state index contributed by atoms with van der Waals surface area (Å²) in [5.74, 6) is -3.39. The lowest BCUT2D eigenvalue weighted by atomic mass is 10.1. The van der Waals surface area contributed by atoms with Crippen molar-refractivity contribution in [2.45, 2.75) is 0 Å². The molecule has 0 atom stereocenters. The molecule has 0 aromatic heterocycles. The molecule has 116 valence electrons. The van der Waals surface area contributed by atoms with Crippen LogP contribution in [0.3, 0.4) is 0 Å². The molecule has 0 heterocycles. The van der Waals surface area contributed by atoms with Crippen LogP contribution in [0.4, 0.5) is 14.5 Å². The zero-order valence-corrected chi connectivity index (χ0v) is 11.7. The normalized spacial score (nSPS) is 9.78. The van der Waals surface area contributed by atoms with E-state index in [9.17, 15) is 18.4 Å². The summed E-state index contributed by atoms with van der Waals surface area (Å²) in [6.45, 7) is -0.702. The van der Waals surface area contributed by atoms with Crippen LogP contribution in [0.2, 0.25) is 0 Å². The maximum absolute atomic E-state index is 13.6. The molecule has 7 heteroatoms. The van der Waals surface area contributed by atoms with Crippen molar-refractivity contribution >= 4 is 17.6 Å². The van der Waals surface area contributed by atoms with Crippen LogP contribution in [0.5, 0.6) is 0 Å². The molecule has 2 aromatic rings. The summed E-state index contributed by atoms with van der Waals surface area (Å²) in [4.78, 5) is 23.3. The number of anilines is 1. The van der Waals surface area contributed by atoms with Gasteiger partial charge in [0.15, 0.2) is 6.61 Å². The molecule has 2 aromatic carbocycles. The van der Waals surface area contributed by atoms with Gasteiger partial charge in [0, 0.05) is 0 Å². The van der Waals surface area contributed by atoms with E-state index in [-0.39, 0.29) is 11.3 Å². The fourth-order valence-electron chi connectivity index (χ4n) is 1.71. The Morgan fingerprint density at radius 3 is 2.52 bits per heavy atom. The zero-order valence-electron chi connectivity index (χ0n) is 11.7. The monoisotopic (exact) mass is 316 g/mol. The minimum atomic E-state index is -1.06. The number of nitriles is 1. The Hall–Kier alpha value is -3.27. The Morgan fingerprint density at radius 1 is 1.13 bits per heavy atom. The average Bonchev–Trinajstić information content (AvgIpc) is 2.54. The number of hydrogen-bond acceptors (Lipinski definition) is 4. The lowest BCUT2D eigenvalue weighted by molar-refractivity contribution is -0.119. The van der Waals surface area contributed by atoms with Crippen molar-refractivity contribution < 1.29 is 23.1 Å². The van der Waals surface area contributed by atoms with Gasteiger partial charge in [0.25, 0.3) is 5.91 Å². The fraction of sp³-hybridized carbons (Fsp3) is 0.0625. The topological polar surface area (TPSA) is 79.2 Å². The van der Waals surface area contributed by atoms with Gasteiger partial charge in [0.2, 0.25) is 0 Å². The predicted molar refractivity (Wildman–Crippen MR) is 76.4 cm³/mol. The minimum absolute atomic E-state index is 0.0522. The quantitative estimate of drug-likeness (QED) is 0.879. The maximum atomic E-state index is 13.6. The Labute approximate surface area is 130 Å². The van der Waals surface area contributed by atoms with E-state index in [1.54, 1.807) is 6.07 Å². The van der Waals surface area contributed by atoms with Crippen LogP contribution in [0, 0.1) is 23.0 Å². The standard InChI is InChI=1S/C16H10F2N2O3/c17-12-3-1-2-4-14(12)20-15(21)9-23-16(22)11-6-5-10(8-19)7-13(11)18/h1-7H,9H2,(H,20,21). The smallest absolute Gasteiger partial charge is 0.341 e. The van der Waals surface area contributed by atoms with Gasteiger partial charge < -0.3 is 10.1 Å². The second kappa shape index (κ2) is 7.13. The number of esters is 1. The molecule has 0 aliphatic carbocycles. The van der Waals surface area contributed by atoms with Crippen molar-refractivity contribution in [2.24, 2.45) is 0 Å². The number of nitrogens with zero attached hydrogens (tertiary/aromatic N) is 1. The van der Waals surface area contributed by atoms with Crippen LogP contribution in [-0.2, 0) is 9.53 Å². The Morgan fingerprint density at radius 2 is 1.87 bits per heavy atom. The summed E-state index contributed by atoms with van der Waals surface area (Å²) < 4.78 is 31.6. The number of benzene rings is 2. The van der Waals surface area contributed by atoms with E-state index >= 15 is 0 Å². The van der Waals surface area contributed by atoms with Crippen molar-refractivity contribution in [1.29, 1.82) is 5.26 Å². The molecule has 0 aliphatic heterocycles. The molecular formula is C16H10F2N2O3. The molecule has 0 fully saturated rings. The number of halogens is 2. The highest BCUT2D eigenvalue weighted by molar-refractivity contribution is 5.95. The van der Waals surface area contributed by atoms with Crippen molar-refractivity contribution in [2.75, 3.05) is 11.9 Å². The van der Waals surface area contributed by atoms with E-state index in [0.717, 1.165) is 18.2 Å². The number of nitrogens with one attached hydrogen (secondary N) is 1. The third kappa shape index (κ3) is 4.11. The van der Waals surface area contributed by atoms with Gasteiger partial charge in [0.1, 0.15) is 11.6 Å². The van der Waals surface area contributed by atoms with Crippen molar-refractivity contribution in [3.05, 3.63) is 65.2 Å². The van der Waals surface area contributed by atoms with Gasteiger partial charge in [-0.3, -0.25) is 4.79 Å². The number of carbonyl (C=O) groups is 2. The second-order valence-electron chi connectivity index (χ2n) is 4.41. The number of para-hydroxylation sites is 1. The number of amides is 1. The summed E-state index contributed by atoms with van der Waals surface area (Å²) >= 11 is 0. The van der Waals surface area contributed by atoms with Crippen LogP contribution in [-0.4, -0.2) is 18.5 Å². The molecule has 1 N–H and O–H groups in total. The largest absolute Gasteiger partial charge is 0.452 e. The summed E-state index contributed by atoms with van der Waals surface area (Å²) in [6.07, 6.45) is 0. The molecule has 2 rings (SSSR count). The Kier molecular flexibility index (Phi) is 5.00. The van der Waals surface area contributed by atoms with Gasteiger partial charge in [-0.1, -0.05) is 12.1 Å². The molecule has 0 aliphatic rings. The molecule has 23 heavy (non-hydrogen) atoms. The number of ether oxygens (including phenoxy) is 1. The molecule has 0 saturated heterocycles. The van der Waals surface area contributed by atoms with Gasteiger partial charge in [-0.15, -0.1) is 0 Å². The van der Waals surface area contributed by atoms with Gasteiger partial charge in [-0.05, 0) is 30.3 Å². The van der Waals surface area contributed by atoms with E-state index in [0.29, 0.717) is 0 Å². The minimum Gasteiger partial charge on any atom is -0.452 e. The average molecular weight is 316 g/mol. The lowest BCUT2D eigenvalue weighted by Crippen LogP contribution is -2.21. The SMILES string of the molecule is N#Cc1ccc(C(=O)OCC(=O)Nc2ccccc2F)c(F)c1. The highest BCUT2D eigenvalue weighted by Gasteiger charge is 2.16. The molecule has 0 spiro atoms. The summed E-state index contributed by atoms with van der Waals surface area (Å²) in [5.41, 5.74) is -0.405. The van der Waals surface area contributed by atoms with Crippen LogP contribution >= 0.6 is 0 Å². The fourth-order valence-corrected chi connectivity index (χ4v) is 1.71. The van der Waals surface area contributed by atoms with Crippen LogP contribution in [0.25, 0.3) is 0 Å². The van der Waals surface area contributed by atoms with Crippen molar-refractivity contribution in [1.82, 2.24) is 0 Å². The molecule has 1 amide bonds. The first-order chi connectivity index (χ1) is 11.0. The first-order valence-electron chi connectivity index (χ1n) is 6.42. The molecule has 0 unspecified atom stereocenters. The molecule has 0 radical (unpaired) electrons. The maximum Gasteiger partial charge on any atom is 0.341 e. The molecule has 0 saturated carbocycles. The Balaban J connectivity index is 1.95. The Bertz CT molecular complexity index is 800. The van der Waals surface area contributed by atoms with E-state index in [1.165, 1.54) is 24.3 Å². The van der Waals surface area contributed by atoms with Gasteiger partial charge in [-0.2, -0.15) is 5.26 Å². The molecule has 5 nitrogen and oxygen atoms in total. The summed E-state index contributed by atoms with van der Waals surface area (Å²) in [5, 5.41) is 10.8. The zero-order chi connectivity index (χ0) is 16.8. The highest BCUT2D eigenvalue weighted by Crippen LogP contribution is 2.13. The van der Waals surface area contributed by atoms with Crippen LogP contribution in [0.1, 0.15) is 15.9 Å². The predicted octanol–water partition coefficient (Wildman–Crippen LogP) is 2.63. The summed E-state index contributed by atoms with van der Waals surface area (Å²) in [7, 11) is 0. The van der Waals surface area contributed by atoms with Gasteiger partial charge in [0.05, 0.1) is 22.9 Å². The highest BCUT2D eigenvalue weighted by atomic mass is 19.1. The second-order valence-corrected chi connectivity index (χ2v) is 4.41. The number of carbonyl (C=O) groups excluding carboxylic acids is 2. The lowest BCUT2D eigenvalue weighted by Gasteiger charge is -2.07. The molecule has 0 bridgehead atoms.